The highest BCUT2D eigenvalue weighted by Gasteiger charge is 2.60. The molecular weight excluding hydrogens is 368 g/mol. The fourth-order valence-electron chi connectivity index (χ4n) is 8.56. The van der Waals surface area contributed by atoms with Gasteiger partial charge in [0.15, 0.2) is 5.78 Å². The van der Waals surface area contributed by atoms with Crippen molar-refractivity contribution in [2.75, 3.05) is 0 Å². The summed E-state index contributed by atoms with van der Waals surface area (Å²) in [4.78, 5) is 13.3. The molecule has 0 spiro atoms. The molecule has 0 saturated heterocycles. The van der Waals surface area contributed by atoms with Crippen LogP contribution in [0.5, 0.6) is 0 Å². The minimum atomic E-state index is -0.0710. The summed E-state index contributed by atoms with van der Waals surface area (Å²) >= 11 is 0. The number of benzene rings is 1. The van der Waals surface area contributed by atoms with E-state index in [9.17, 15) is 9.90 Å². The molecule has 2 heteroatoms. The van der Waals surface area contributed by atoms with Crippen molar-refractivity contribution >= 4 is 11.9 Å². The monoisotopic (exact) mass is 406 g/mol. The summed E-state index contributed by atoms with van der Waals surface area (Å²) in [5, 5.41) is 10.2. The van der Waals surface area contributed by atoms with Gasteiger partial charge in [0.2, 0.25) is 0 Å². The Labute approximate surface area is 182 Å². The quantitative estimate of drug-likeness (QED) is 0.599. The van der Waals surface area contributed by atoms with Gasteiger partial charge in [0.1, 0.15) is 0 Å². The highest BCUT2D eigenvalue weighted by molar-refractivity contribution is 5.96. The second-order valence-electron chi connectivity index (χ2n) is 11.4. The van der Waals surface area contributed by atoms with Crippen molar-refractivity contribution in [3.05, 3.63) is 42.0 Å². The highest BCUT2D eigenvalue weighted by atomic mass is 16.3. The maximum atomic E-state index is 13.3. The SMILES string of the molecule is C[C@]12CC[C@@H](O)C[C@H]1CC[C@@H]1[C@@H]2CC[C@]2(C)[C@@H](C(=O)/C=C/c3ccccc3)CC[C@@H]12. The molecule has 0 amide bonds. The van der Waals surface area contributed by atoms with Crippen LogP contribution in [0.15, 0.2) is 36.4 Å². The Kier molecular flexibility index (Phi) is 5.21. The Balaban J connectivity index is 1.34. The van der Waals surface area contributed by atoms with E-state index in [-0.39, 0.29) is 17.4 Å². The number of allylic oxidation sites excluding steroid dienone is 1. The number of hydrogen-bond donors (Lipinski definition) is 1. The Morgan fingerprint density at radius 3 is 2.47 bits per heavy atom. The summed E-state index contributed by atoms with van der Waals surface area (Å²) in [6.45, 7) is 4.99. The molecule has 4 fully saturated rings. The number of aliphatic hydroxyl groups excluding tert-OH is 1. The van der Waals surface area contributed by atoms with Gasteiger partial charge in [-0.05, 0) is 104 Å². The molecule has 0 bridgehead atoms. The third kappa shape index (κ3) is 3.22. The van der Waals surface area contributed by atoms with Crippen LogP contribution in [-0.2, 0) is 4.79 Å². The van der Waals surface area contributed by atoms with E-state index in [1.54, 1.807) is 0 Å². The minimum Gasteiger partial charge on any atom is -0.393 e. The molecule has 8 atom stereocenters. The lowest BCUT2D eigenvalue weighted by Crippen LogP contribution is -2.54. The highest BCUT2D eigenvalue weighted by Crippen LogP contribution is 2.67. The summed E-state index contributed by atoms with van der Waals surface area (Å²) in [6.07, 6.45) is 14.4. The van der Waals surface area contributed by atoms with Gasteiger partial charge in [0.05, 0.1) is 6.10 Å². The molecule has 162 valence electrons. The van der Waals surface area contributed by atoms with E-state index < -0.39 is 0 Å². The molecule has 5 rings (SSSR count). The summed E-state index contributed by atoms with van der Waals surface area (Å²) in [6, 6.07) is 10.2. The molecule has 0 unspecified atom stereocenters. The molecule has 0 heterocycles. The maximum absolute atomic E-state index is 13.3. The van der Waals surface area contributed by atoms with E-state index in [1.807, 2.05) is 30.4 Å². The molecule has 2 nitrogen and oxygen atoms in total. The lowest BCUT2D eigenvalue weighted by Gasteiger charge is -2.60. The predicted octanol–water partition coefficient (Wildman–Crippen LogP) is 6.29. The molecule has 1 aromatic carbocycles. The molecule has 0 aliphatic heterocycles. The van der Waals surface area contributed by atoms with Crippen molar-refractivity contribution in [3.63, 3.8) is 0 Å². The average molecular weight is 407 g/mol. The van der Waals surface area contributed by atoms with Gasteiger partial charge in [0.25, 0.3) is 0 Å². The second-order valence-corrected chi connectivity index (χ2v) is 11.4. The van der Waals surface area contributed by atoms with Crippen LogP contribution in [0.25, 0.3) is 6.08 Å². The van der Waals surface area contributed by atoms with Gasteiger partial charge in [-0.25, -0.2) is 0 Å². The zero-order chi connectivity index (χ0) is 20.9. The summed E-state index contributed by atoms with van der Waals surface area (Å²) in [5.74, 6) is 3.55. The summed E-state index contributed by atoms with van der Waals surface area (Å²) in [5.41, 5.74) is 1.70. The van der Waals surface area contributed by atoms with Gasteiger partial charge < -0.3 is 5.11 Å². The molecule has 0 aromatic heterocycles. The van der Waals surface area contributed by atoms with E-state index >= 15 is 0 Å². The van der Waals surface area contributed by atoms with Crippen LogP contribution < -0.4 is 0 Å². The van der Waals surface area contributed by atoms with Crippen LogP contribution in [0.1, 0.15) is 77.2 Å². The number of carbonyl (C=O) groups excluding carboxylic acids is 1. The van der Waals surface area contributed by atoms with Crippen LogP contribution in [0, 0.1) is 40.4 Å². The number of aliphatic hydroxyl groups is 1. The Hall–Kier alpha value is -1.41. The fraction of sp³-hybridized carbons (Fsp3) is 0.679. The zero-order valence-electron chi connectivity index (χ0n) is 18.7. The first-order valence-corrected chi connectivity index (χ1v) is 12.4. The number of hydrogen-bond acceptors (Lipinski definition) is 2. The molecule has 1 N–H and O–H groups in total. The van der Waals surface area contributed by atoms with E-state index in [4.69, 9.17) is 0 Å². The van der Waals surface area contributed by atoms with E-state index in [2.05, 4.69) is 26.0 Å². The fourth-order valence-corrected chi connectivity index (χ4v) is 8.56. The van der Waals surface area contributed by atoms with Gasteiger partial charge in [0, 0.05) is 5.92 Å². The third-order valence-electron chi connectivity index (χ3n) is 10.2. The molecule has 4 saturated carbocycles. The van der Waals surface area contributed by atoms with Crippen molar-refractivity contribution in [1.82, 2.24) is 0 Å². The van der Waals surface area contributed by atoms with Crippen molar-refractivity contribution in [1.29, 1.82) is 0 Å². The van der Waals surface area contributed by atoms with Gasteiger partial charge in [-0.3, -0.25) is 4.79 Å². The van der Waals surface area contributed by atoms with Gasteiger partial charge in [-0.15, -0.1) is 0 Å². The maximum Gasteiger partial charge on any atom is 0.159 e. The number of ketones is 1. The van der Waals surface area contributed by atoms with Crippen LogP contribution in [0.4, 0.5) is 0 Å². The van der Waals surface area contributed by atoms with Crippen LogP contribution in [-0.4, -0.2) is 17.0 Å². The predicted molar refractivity (Wildman–Crippen MR) is 122 cm³/mol. The molecule has 30 heavy (non-hydrogen) atoms. The second kappa shape index (κ2) is 7.62. The number of carbonyl (C=O) groups is 1. The molecule has 4 aliphatic carbocycles. The molecular formula is C28H38O2. The van der Waals surface area contributed by atoms with Crippen molar-refractivity contribution in [2.24, 2.45) is 40.4 Å². The van der Waals surface area contributed by atoms with Crippen molar-refractivity contribution < 1.29 is 9.90 Å². The largest absolute Gasteiger partial charge is 0.393 e. The number of fused-ring (bicyclic) bond motifs is 5. The Morgan fingerprint density at radius 2 is 1.67 bits per heavy atom. The Bertz CT molecular complexity index is 813. The standard InChI is InChI=1S/C28H38O2/c1-27-16-14-21(29)18-20(27)9-10-22-23-11-12-25(28(23,2)17-15-24(22)27)26(30)13-8-19-6-4-3-5-7-19/h3-8,13,20-25,29H,9-12,14-18H2,1-2H3/b13-8+/t20-,21-,22+,23+,24+,25-,27+,28+/m1/s1. The number of rotatable bonds is 3. The first-order valence-electron chi connectivity index (χ1n) is 12.4. The van der Waals surface area contributed by atoms with Crippen molar-refractivity contribution in [2.45, 2.75) is 77.7 Å². The molecule has 4 aliphatic rings. The van der Waals surface area contributed by atoms with Crippen molar-refractivity contribution in [3.8, 4) is 0 Å². The first kappa shape index (κ1) is 20.5. The molecule has 1 aromatic rings. The molecule has 0 radical (unpaired) electrons. The van der Waals surface area contributed by atoms with E-state index in [0.29, 0.717) is 23.0 Å². The van der Waals surface area contributed by atoms with Crippen LogP contribution in [0.2, 0.25) is 0 Å². The van der Waals surface area contributed by atoms with Crippen LogP contribution in [0.3, 0.4) is 0 Å². The van der Waals surface area contributed by atoms with Gasteiger partial charge in [-0.2, -0.15) is 0 Å². The average Bonchev–Trinajstić information content (AvgIpc) is 3.10. The van der Waals surface area contributed by atoms with Gasteiger partial charge in [-0.1, -0.05) is 50.3 Å². The normalized spacial score (nSPS) is 45.6. The smallest absolute Gasteiger partial charge is 0.159 e. The van der Waals surface area contributed by atoms with Gasteiger partial charge >= 0.3 is 0 Å². The minimum absolute atomic E-state index is 0.0710. The first-order chi connectivity index (χ1) is 14.4. The van der Waals surface area contributed by atoms with Crippen LogP contribution >= 0.6 is 0 Å². The third-order valence-corrected chi connectivity index (χ3v) is 10.2. The zero-order valence-corrected chi connectivity index (χ0v) is 18.7. The lowest BCUT2D eigenvalue weighted by molar-refractivity contribution is -0.136. The topological polar surface area (TPSA) is 37.3 Å². The Morgan fingerprint density at radius 1 is 0.933 bits per heavy atom. The summed E-state index contributed by atoms with van der Waals surface area (Å²) in [7, 11) is 0. The summed E-state index contributed by atoms with van der Waals surface area (Å²) < 4.78 is 0. The van der Waals surface area contributed by atoms with E-state index in [0.717, 1.165) is 36.7 Å². The lowest BCUT2D eigenvalue weighted by atomic mass is 9.44. The van der Waals surface area contributed by atoms with E-state index in [1.165, 1.54) is 38.5 Å².